The molecule has 0 aliphatic heterocycles. The van der Waals surface area contributed by atoms with E-state index in [1.807, 2.05) is 6.07 Å². The van der Waals surface area contributed by atoms with Crippen LogP contribution in [-0.4, -0.2) is 34.3 Å². The Kier molecular flexibility index (Phi) is 6.12. The number of alkyl carbamates (subject to hydrolysis) is 1. The van der Waals surface area contributed by atoms with Crippen LogP contribution < -0.4 is 5.32 Å². The Morgan fingerprint density at radius 3 is 2.09 bits per heavy atom. The zero-order valence-electron chi connectivity index (χ0n) is 13.3. The summed E-state index contributed by atoms with van der Waals surface area (Å²) in [4.78, 5) is 34.6. The number of aliphatic carboxylic acids is 2. The maximum atomic E-state index is 11.8. The predicted octanol–water partition coefficient (Wildman–Crippen LogP) is 2.11. The van der Waals surface area contributed by atoms with E-state index in [4.69, 9.17) is 4.74 Å². The number of carbonyl (C=O) groups is 3. The van der Waals surface area contributed by atoms with E-state index in [-0.39, 0.29) is 6.61 Å². The summed E-state index contributed by atoms with van der Waals surface area (Å²) in [5, 5.41) is 20.7. The number of nitrogens with one attached hydrogen (secondary N) is 1. The third-order valence-electron chi connectivity index (χ3n) is 3.28. The number of carboxylic acid groups (broad SMARTS) is 2. The van der Waals surface area contributed by atoms with E-state index in [1.54, 1.807) is 45.0 Å². The Morgan fingerprint density at radius 1 is 1.09 bits per heavy atom. The summed E-state index contributed by atoms with van der Waals surface area (Å²) in [5.74, 6) is -4.03. The summed E-state index contributed by atoms with van der Waals surface area (Å²) in [6, 6.07) is 7.27. The van der Waals surface area contributed by atoms with Crippen molar-refractivity contribution >= 4 is 18.0 Å². The number of benzene rings is 1. The molecule has 0 heterocycles. The number of amides is 1. The van der Waals surface area contributed by atoms with E-state index < -0.39 is 35.4 Å². The zero-order chi connectivity index (χ0) is 17.6. The number of hydrogen-bond acceptors (Lipinski definition) is 4. The summed E-state index contributed by atoms with van der Waals surface area (Å²) in [7, 11) is 0. The molecule has 1 aromatic rings. The van der Waals surface area contributed by atoms with Gasteiger partial charge in [-0.15, -0.1) is 0 Å². The second kappa shape index (κ2) is 7.62. The molecule has 1 rings (SSSR count). The highest BCUT2D eigenvalue weighted by molar-refractivity contribution is 5.86. The van der Waals surface area contributed by atoms with Crippen molar-refractivity contribution in [2.24, 2.45) is 11.3 Å². The quantitative estimate of drug-likeness (QED) is 0.739. The molecule has 0 bridgehead atoms. The lowest BCUT2D eigenvalue weighted by molar-refractivity contribution is -0.155. The van der Waals surface area contributed by atoms with Crippen LogP contribution in [0.3, 0.4) is 0 Å². The molecule has 1 unspecified atom stereocenters. The molecule has 0 radical (unpaired) electrons. The van der Waals surface area contributed by atoms with Crippen LogP contribution in [0.4, 0.5) is 4.79 Å². The minimum absolute atomic E-state index is 0.0354. The molecule has 0 aliphatic carbocycles. The van der Waals surface area contributed by atoms with Crippen LogP contribution in [-0.2, 0) is 20.9 Å². The topological polar surface area (TPSA) is 113 Å². The molecule has 0 saturated heterocycles. The van der Waals surface area contributed by atoms with Crippen molar-refractivity contribution in [3.63, 3.8) is 0 Å². The van der Waals surface area contributed by atoms with Gasteiger partial charge in [0.1, 0.15) is 12.6 Å². The fourth-order valence-corrected chi connectivity index (χ4v) is 2.19. The molecule has 2 atom stereocenters. The van der Waals surface area contributed by atoms with Gasteiger partial charge in [0.25, 0.3) is 0 Å². The van der Waals surface area contributed by atoms with Crippen LogP contribution in [0.15, 0.2) is 30.3 Å². The molecule has 1 aromatic carbocycles. The van der Waals surface area contributed by atoms with Gasteiger partial charge in [-0.1, -0.05) is 51.1 Å². The summed E-state index contributed by atoms with van der Waals surface area (Å²) < 4.78 is 4.94. The third-order valence-corrected chi connectivity index (χ3v) is 3.28. The van der Waals surface area contributed by atoms with Crippen molar-refractivity contribution in [2.75, 3.05) is 0 Å². The Bertz CT molecular complexity index is 564. The second-order valence-electron chi connectivity index (χ2n) is 6.20. The van der Waals surface area contributed by atoms with Gasteiger partial charge in [0.05, 0.1) is 5.92 Å². The van der Waals surface area contributed by atoms with Gasteiger partial charge in [0.15, 0.2) is 0 Å². The lowest BCUT2D eigenvalue weighted by Gasteiger charge is -2.31. The SMILES string of the molecule is CC(C)(C)C(C(=O)O)[C@@H](NC(=O)OCc1ccccc1)C(=O)O. The van der Waals surface area contributed by atoms with Gasteiger partial charge in [0.2, 0.25) is 0 Å². The van der Waals surface area contributed by atoms with E-state index in [9.17, 15) is 24.6 Å². The smallest absolute Gasteiger partial charge is 0.408 e. The number of rotatable bonds is 6. The molecular formula is C16H21NO6. The molecule has 126 valence electrons. The molecule has 7 nitrogen and oxygen atoms in total. The van der Waals surface area contributed by atoms with Crippen molar-refractivity contribution < 1.29 is 29.3 Å². The Morgan fingerprint density at radius 2 is 1.65 bits per heavy atom. The van der Waals surface area contributed by atoms with Crippen LogP contribution in [0.2, 0.25) is 0 Å². The highest BCUT2D eigenvalue weighted by atomic mass is 16.5. The summed E-state index contributed by atoms with van der Waals surface area (Å²) in [6.07, 6.45) is -0.975. The molecule has 3 N–H and O–H groups in total. The molecule has 7 heteroatoms. The maximum Gasteiger partial charge on any atom is 0.408 e. The van der Waals surface area contributed by atoms with Crippen LogP contribution in [0.25, 0.3) is 0 Å². The predicted molar refractivity (Wildman–Crippen MR) is 81.8 cm³/mol. The molecule has 0 saturated carbocycles. The lowest BCUT2D eigenvalue weighted by atomic mass is 9.76. The Labute approximate surface area is 134 Å². The minimum Gasteiger partial charge on any atom is -0.481 e. The van der Waals surface area contributed by atoms with Crippen LogP contribution in [0.5, 0.6) is 0 Å². The summed E-state index contributed by atoms with van der Waals surface area (Å²) in [5.41, 5.74) is -0.123. The standard InChI is InChI=1S/C16H21NO6/c1-16(2,3)11(13(18)19)12(14(20)21)17-15(22)23-9-10-7-5-4-6-8-10/h4-8,11-12H,9H2,1-3H3,(H,17,22)(H,18,19)(H,20,21)/t11?,12-/m1/s1. The molecule has 0 fully saturated rings. The highest BCUT2D eigenvalue weighted by Gasteiger charge is 2.43. The van der Waals surface area contributed by atoms with E-state index >= 15 is 0 Å². The lowest BCUT2D eigenvalue weighted by Crippen LogP contribution is -2.52. The Balaban J connectivity index is 2.77. The van der Waals surface area contributed by atoms with Crippen molar-refractivity contribution in [3.8, 4) is 0 Å². The van der Waals surface area contributed by atoms with Crippen LogP contribution >= 0.6 is 0 Å². The first-order valence-corrected chi connectivity index (χ1v) is 7.05. The van der Waals surface area contributed by atoms with Gasteiger partial charge >= 0.3 is 18.0 Å². The zero-order valence-corrected chi connectivity index (χ0v) is 13.3. The van der Waals surface area contributed by atoms with Gasteiger partial charge in [-0.3, -0.25) is 4.79 Å². The monoisotopic (exact) mass is 323 g/mol. The van der Waals surface area contributed by atoms with Crippen molar-refractivity contribution in [3.05, 3.63) is 35.9 Å². The third kappa shape index (κ3) is 5.61. The van der Waals surface area contributed by atoms with Crippen molar-refractivity contribution in [1.29, 1.82) is 0 Å². The number of hydrogen-bond donors (Lipinski definition) is 3. The molecule has 23 heavy (non-hydrogen) atoms. The number of ether oxygens (including phenoxy) is 1. The molecular weight excluding hydrogens is 302 g/mol. The van der Waals surface area contributed by atoms with Gasteiger partial charge in [0, 0.05) is 0 Å². The van der Waals surface area contributed by atoms with Gasteiger partial charge in [-0.05, 0) is 11.0 Å². The molecule has 1 amide bonds. The first kappa shape index (κ1) is 18.5. The van der Waals surface area contributed by atoms with E-state index in [1.165, 1.54) is 0 Å². The van der Waals surface area contributed by atoms with E-state index in [0.29, 0.717) is 0 Å². The minimum atomic E-state index is -1.59. The van der Waals surface area contributed by atoms with E-state index in [2.05, 4.69) is 5.32 Å². The highest BCUT2D eigenvalue weighted by Crippen LogP contribution is 2.29. The maximum absolute atomic E-state index is 11.8. The number of carboxylic acids is 2. The number of carbonyl (C=O) groups excluding carboxylic acids is 1. The van der Waals surface area contributed by atoms with Gasteiger partial charge in [-0.25, -0.2) is 9.59 Å². The van der Waals surface area contributed by atoms with E-state index in [0.717, 1.165) is 5.56 Å². The summed E-state index contributed by atoms with van der Waals surface area (Å²) in [6.45, 7) is 4.75. The van der Waals surface area contributed by atoms with Gasteiger partial charge in [-0.2, -0.15) is 0 Å². The Hall–Kier alpha value is -2.57. The average Bonchev–Trinajstić information content (AvgIpc) is 2.43. The van der Waals surface area contributed by atoms with Gasteiger partial charge < -0.3 is 20.3 Å². The fraction of sp³-hybridized carbons (Fsp3) is 0.438. The molecule has 0 aliphatic rings. The van der Waals surface area contributed by atoms with Crippen molar-refractivity contribution in [1.82, 2.24) is 5.32 Å². The molecule has 0 aromatic heterocycles. The first-order valence-electron chi connectivity index (χ1n) is 7.05. The van der Waals surface area contributed by atoms with Crippen molar-refractivity contribution in [2.45, 2.75) is 33.4 Å². The fourth-order valence-electron chi connectivity index (χ4n) is 2.19. The first-order chi connectivity index (χ1) is 10.6. The second-order valence-corrected chi connectivity index (χ2v) is 6.20. The van der Waals surface area contributed by atoms with Crippen LogP contribution in [0.1, 0.15) is 26.3 Å². The largest absolute Gasteiger partial charge is 0.481 e. The molecule has 0 spiro atoms. The normalized spacial score (nSPS) is 13.7. The average molecular weight is 323 g/mol. The summed E-state index contributed by atoms with van der Waals surface area (Å²) >= 11 is 0. The van der Waals surface area contributed by atoms with Crippen LogP contribution in [0, 0.1) is 11.3 Å².